The maximum absolute atomic E-state index is 11.7. The molecule has 1 aliphatic heterocycles. The van der Waals surface area contributed by atoms with Crippen molar-refractivity contribution in [3.63, 3.8) is 0 Å². The van der Waals surface area contributed by atoms with E-state index in [-0.39, 0.29) is 18.4 Å². The first-order valence-corrected chi connectivity index (χ1v) is 6.30. The highest BCUT2D eigenvalue weighted by molar-refractivity contribution is 5.84. The van der Waals surface area contributed by atoms with E-state index in [1.165, 1.54) is 0 Å². The Morgan fingerprint density at radius 2 is 2.00 bits per heavy atom. The van der Waals surface area contributed by atoms with Crippen molar-refractivity contribution in [2.24, 2.45) is 11.8 Å². The van der Waals surface area contributed by atoms with Crippen LogP contribution in [-0.4, -0.2) is 25.2 Å². The van der Waals surface area contributed by atoms with E-state index in [1.807, 2.05) is 37.3 Å². The third-order valence-corrected chi connectivity index (χ3v) is 3.20. The number of carbonyl (C=O) groups is 2. The van der Waals surface area contributed by atoms with E-state index in [0.717, 1.165) is 12.1 Å². The molecule has 1 N–H and O–H groups in total. The number of esters is 1. The zero-order chi connectivity index (χ0) is 13.7. The highest BCUT2D eigenvalue weighted by Gasteiger charge is 2.32. The predicted octanol–water partition coefficient (Wildman–Crippen LogP) is 1.72. The average molecular weight is 263 g/mol. The van der Waals surface area contributed by atoms with Crippen LogP contribution in [0.4, 0.5) is 4.79 Å². The van der Waals surface area contributed by atoms with Crippen LogP contribution in [0, 0.1) is 11.8 Å². The van der Waals surface area contributed by atoms with Gasteiger partial charge in [-0.1, -0.05) is 37.3 Å². The van der Waals surface area contributed by atoms with Gasteiger partial charge in [-0.15, -0.1) is 0 Å². The lowest BCUT2D eigenvalue weighted by atomic mass is 9.99. The van der Waals surface area contributed by atoms with Gasteiger partial charge in [0, 0.05) is 6.54 Å². The highest BCUT2D eigenvalue weighted by Crippen LogP contribution is 2.17. The maximum Gasteiger partial charge on any atom is 0.516 e. The first-order valence-electron chi connectivity index (χ1n) is 6.30. The Morgan fingerprint density at radius 1 is 1.26 bits per heavy atom. The van der Waals surface area contributed by atoms with Crippen molar-refractivity contribution < 1.29 is 19.1 Å². The van der Waals surface area contributed by atoms with Crippen molar-refractivity contribution in [3.8, 4) is 0 Å². The van der Waals surface area contributed by atoms with Crippen LogP contribution in [0.3, 0.4) is 0 Å². The molecule has 5 nitrogen and oxygen atoms in total. The Morgan fingerprint density at radius 3 is 2.63 bits per heavy atom. The van der Waals surface area contributed by atoms with Crippen LogP contribution in [0.15, 0.2) is 30.3 Å². The summed E-state index contributed by atoms with van der Waals surface area (Å²) >= 11 is 0. The summed E-state index contributed by atoms with van der Waals surface area (Å²) < 4.78 is 9.58. The molecule has 1 heterocycles. The van der Waals surface area contributed by atoms with Crippen LogP contribution in [0.5, 0.6) is 0 Å². The Balaban J connectivity index is 1.76. The van der Waals surface area contributed by atoms with Crippen molar-refractivity contribution in [1.82, 2.24) is 5.32 Å². The van der Waals surface area contributed by atoms with Crippen molar-refractivity contribution in [1.29, 1.82) is 0 Å². The second-order valence-electron chi connectivity index (χ2n) is 4.69. The Bertz CT molecular complexity index is 446. The summed E-state index contributed by atoms with van der Waals surface area (Å²) in [5.41, 5.74) is 0.850. The molecule has 2 rings (SSSR count). The molecule has 2 unspecified atom stereocenters. The minimum atomic E-state index is -0.937. The highest BCUT2D eigenvalue weighted by atomic mass is 16.7. The SMILES string of the molecule is CC1CNCC1C(=O)OC(=O)OCc1ccccc1. The van der Waals surface area contributed by atoms with Gasteiger partial charge in [0.25, 0.3) is 0 Å². The molecule has 102 valence electrons. The van der Waals surface area contributed by atoms with Crippen molar-refractivity contribution in [2.45, 2.75) is 13.5 Å². The lowest BCUT2D eigenvalue weighted by Crippen LogP contribution is -2.26. The molecule has 5 heteroatoms. The van der Waals surface area contributed by atoms with Gasteiger partial charge in [-0.3, -0.25) is 4.79 Å². The Kier molecular flexibility index (Phi) is 4.52. The fraction of sp³-hybridized carbons (Fsp3) is 0.429. The van der Waals surface area contributed by atoms with Crippen molar-refractivity contribution >= 4 is 12.1 Å². The monoisotopic (exact) mass is 263 g/mol. The topological polar surface area (TPSA) is 64.6 Å². The molecule has 0 spiro atoms. The van der Waals surface area contributed by atoms with E-state index in [2.05, 4.69) is 10.1 Å². The summed E-state index contributed by atoms with van der Waals surface area (Å²) in [5.74, 6) is -0.616. The maximum atomic E-state index is 11.7. The fourth-order valence-corrected chi connectivity index (χ4v) is 2.03. The van der Waals surface area contributed by atoms with Crippen LogP contribution < -0.4 is 5.32 Å². The van der Waals surface area contributed by atoms with Crippen LogP contribution in [0.1, 0.15) is 12.5 Å². The Labute approximate surface area is 111 Å². The lowest BCUT2D eigenvalue weighted by molar-refractivity contribution is -0.145. The molecule has 0 radical (unpaired) electrons. The van der Waals surface area contributed by atoms with Gasteiger partial charge in [0.05, 0.1) is 5.92 Å². The van der Waals surface area contributed by atoms with E-state index < -0.39 is 12.1 Å². The number of rotatable bonds is 3. The second kappa shape index (κ2) is 6.33. The zero-order valence-corrected chi connectivity index (χ0v) is 10.8. The van der Waals surface area contributed by atoms with E-state index in [0.29, 0.717) is 6.54 Å². The summed E-state index contributed by atoms with van der Waals surface area (Å²) in [7, 11) is 0. The molecule has 0 bridgehead atoms. The number of nitrogens with one attached hydrogen (secondary N) is 1. The summed E-state index contributed by atoms with van der Waals surface area (Å²) in [6.07, 6.45) is -0.937. The van der Waals surface area contributed by atoms with Crippen LogP contribution in [0.25, 0.3) is 0 Å². The molecule has 1 aliphatic rings. The zero-order valence-electron chi connectivity index (χ0n) is 10.8. The normalized spacial score (nSPS) is 21.9. The fourth-order valence-electron chi connectivity index (χ4n) is 2.03. The number of hydrogen-bond donors (Lipinski definition) is 1. The Hall–Kier alpha value is -1.88. The van der Waals surface area contributed by atoms with E-state index >= 15 is 0 Å². The first kappa shape index (κ1) is 13.5. The molecule has 19 heavy (non-hydrogen) atoms. The van der Waals surface area contributed by atoms with Crippen LogP contribution in [0.2, 0.25) is 0 Å². The van der Waals surface area contributed by atoms with Crippen molar-refractivity contribution in [3.05, 3.63) is 35.9 Å². The van der Waals surface area contributed by atoms with Gasteiger partial charge in [0.2, 0.25) is 0 Å². The third-order valence-electron chi connectivity index (χ3n) is 3.20. The molecule has 0 aliphatic carbocycles. The standard InChI is InChI=1S/C14H17NO4/c1-10-7-15-8-12(10)13(16)19-14(17)18-9-11-5-3-2-4-6-11/h2-6,10,12,15H,7-9H2,1H3. The van der Waals surface area contributed by atoms with E-state index in [4.69, 9.17) is 4.74 Å². The molecule has 2 atom stereocenters. The van der Waals surface area contributed by atoms with Gasteiger partial charge < -0.3 is 14.8 Å². The van der Waals surface area contributed by atoms with Gasteiger partial charge in [-0.05, 0) is 18.0 Å². The van der Waals surface area contributed by atoms with Gasteiger partial charge >= 0.3 is 12.1 Å². The third kappa shape index (κ3) is 3.79. The molecule has 1 aromatic carbocycles. The second-order valence-corrected chi connectivity index (χ2v) is 4.69. The summed E-state index contributed by atoms with van der Waals surface area (Å²) in [6, 6.07) is 9.23. The summed E-state index contributed by atoms with van der Waals surface area (Å²) in [5, 5.41) is 3.08. The smallest absolute Gasteiger partial charge is 0.429 e. The molecule has 0 amide bonds. The van der Waals surface area contributed by atoms with E-state index in [1.54, 1.807) is 0 Å². The largest absolute Gasteiger partial charge is 0.516 e. The van der Waals surface area contributed by atoms with E-state index in [9.17, 15) is 9.59 Å². The molecular weight excluding hydrogens is 246 g/mol. The summed E-state index contributed by atoms with van der Waals surface area (Å²) in [6.45, 7) is 3.36. The van der Waals surface area contributed by atoms with Crippen molar-refractivity contribution in [2.75, 3.05) is 13.1 Å². The summed E-state index contributed by atoms with van der Waals surface area (Å²) in [4.78, 5) is 23.1. The van der Waals surface area contributed by atoms with Crippen LogP contribution in [-0.2, 0) is 20.9 Å². The number of hydrogen-bond acceptors (Lipinski definition) is 5. The van der Waals surface area contributed by atoms with Gasteiger partial charge in [0.15, 0.2) is 0 Å². The molecule has 1 saturated heterocycles. The first-order chi connectivity index (χ1) is 9.16. The number of carbonyl (C=O) groups excluding carboxylic acids is 2. The van der Waals surface area contributed by atoms with Gasteiger partial charge in [-0.2, -0.15) is 0 Å². The quantitative estimate of drug-likeness (QED) is 0.664. The van der Waals surface area contributed by atoms with Crippen LogP contribution >= 0.6 is 0 Å². The molecule has 0 aromatic heterocycles. The molecule has 1 aromatic rings. The number of ether oxygens (including phenoxy) is 2. The number of benzene rings is 1. The average Bonchev–Trinajstić information content (AvgIpc) is 2.84. The minimum Gasteiger partial charge on any atom is -0.429 e. The molecular formula is C14H17NO4. The molecule has 0 saturated carbocycles. The molecule has 1 fully saturated rings. The predicted molar refractivity (Wildman–Crippen MR) is 68.2 cm³/mol. The lowest BCUT2D eigenvalue weighted by Gasteiger charge is -2.12. The van der Waals surface area contributed by atoms with Gasteiger partial charge in [0.1, 0.15) is 6.61 Å². The van der Waals surface area contributed by atoms with Gasteiger partial charge in [-0.25, -0.2) is 4.79 Å². The minimum absolute atomic E-state index is 0.103.